The van der Waals surface area contributed by atoms with E-state index in [9.17, 15) is 17.6 Å². The van der Waals surface area contributed by atoms with E-state index in [1.165, 1.54) is 27.7 Å². The molecule has 0 spiro atoms. The number of carbonyl (C=O) groups is 1. The number of aromatic nitrogens is 3. The van der Waals surface area contributed by atoms with Gasteiger partial charge in [-0.05, 0) is 25.1 Å². The molecule has 2 aromatic heterocycles. The molecule has 3 aromatic rings. The smallest absolute Gasteiger partial charge is 0.407 e. The fourth-order valence-electron chi connectivity index (χ4n) is 3.70. The molecule has 0 unspecified atom stereocenters. The van der Waals surface area contributed by atoms with Crippen LogP contribution in [0.25, 0.3) is 16.8 Å². The van der Waals surface area contributed by atoms with Gasteiger partial charge in [-0.1, -0.05) is 0 Å². The van der Waals surface area contributed by atoms with Crippen molar-refractivity contribution in [3.63, 3.8) is 0 Å². The summed E-state index contributed by atoms with van der Waals surface area (Å²) in [6.07, 6.45) is 2.52. The van der Waals surface area contributed by atoms with Gasteiger partial charge >= 0.3 is 6.09 Å². The molecular weight excluding hydrogens is 427 g/mol. The van der Waals surface area contributed by atoms with Crippen molar-refractivity contribution in [2.75, 3.05) is 19.3 Å². The van der Waals surface area contributed by atoms with E-state index in [-0.39, 0.29) is 16.6 Å². The van der Waals surface area contributed by atoms with Gasteiger partial charge in [-0.2, -0.15) is 9.61 Å². The molecule has 3 heterocycles. The van der Waals surface area contributed by atoms with E-state index in [1.807, 2.05) is 0 Å². The van der Waals surface area contributed by atoms with Gasteiger partial charge in [0.2, 0.25) is 5.88 Å². The molecule has 0 saturated carbocycles. The zero-order chi connectivity index (χ0) is 22.3. The van der Waals surface area contributed by atoms with E-state index < -0.39 is 21.7 Å². The maximum absolute atomic E-state index is 14.8. The molecule has 9 nitrogen and oxygen atoms in total. The molecule has 0 aliphatic carbocycles. The molecule has 0 radical (unpaired) electrons. The van der Waals surface area contributed by atoms with Crippen LogP contribution in [0.5, 0.6) is 5.88 Å². The van der Waals surface area contributed by atoms with Crippen LogP contribution in [0.4, 0.5) is 9.18 Å². The Morgan fingerprint density at radius 3 is 2.58 bits per heavy atom. The quantitative estimate of drug-likeness (QED) is 0.653. The molecule has 164 valence electrons. The van der Waals surface area contributed by atoms with Crippen molar-refractivity contribution in [1.29, 1.82) is 0 Å². The Hall–Kier alpha value is -3.21. The number of benzene rings is 1. The fraction of sp³-hybridized carbons (Fsp3) is 0.350. The summed E-state index contributed by atoms with van der Waals surface area (Å²) >= 11 is 0. The second-order valence-electron chi connectivity index (χ2n) is 7.48. The first-order valence-electron chi connectivity index (χ1n) is 9.64. The number of hydrogen-bond donors (Lipinski definition) is 1. The maximum Gasteiger partial charge on any atom is 0.407 e. The SMILES string of the molecule is Cc1nn2c(OC3CCN(C(=O)O)CC3)ccnc2c1-c1ccc(S(C)(=O)=O)cc1F. The number of ether oxygens (including phenoxy) is 1. The number of aryl methyl sites for hydroxylation is 1. The van der Waals surface area contributed by atoms with E-state index in [1.54, 1.807) is 13.0 Å². The number of amides is 1. The van der Waals surface area contributed by atoms with E-state index in [2.05, 4.69) is 10.1 Å². The lowest BCUT2D eigenvalue weighted by molar-refractivity contribution is 0.0857. The number of nitrogens with zero attached hydrogens (tertiary/aromatic N) is 4. The Morgan fingerprint density at radius 2 is 1.97 bits per heavy atom. The molecule has 1 aromatic carbocycles. The van der Waals surface area contributed by atoms with Gasteiger partial charge in [0, 0.05) is 50.0 Å². The highest BCUT2D eigenvalue weighted by atomic mass is 32.2. The average molecular weight is 448 g/mol. The van der Waals surface area contributed by atoms with Crippen molar-refractivity contribution in [1.82, 2.24) is 19.5 Å². The lowest BCUT2D eigenvalue weighted by Gasteiger charge is -2.30. The number of likely N-dealkylation sites (tertiary alicyclic amines) is 1. The second-order valence-corrected chi connectivity index (χ2v) is 9.50. The van der Waals surface area contributed by atoms with E-state index >= 15 is 0 Å². The maximum atomic E-state index is 14.8. The molecule has 31 heavy (non-hydrogen) atoms. The molecule has 1 amide bonds. The summed E-state index contributed by atoms with van der Waals surface area (Å²) < 4.78 is 45.8. The van der Waals surface area contributed by atoms with Gasteiger partial charge in [-0.15, -0.1) is 0 Å². The van der Waals surface area contributed by atoms with Gasteiger partial charge in [-0.3, -0.25) is 0 Å². The summed E-state index contributed by atoms with van der Waals surface area (Å²) in [6, 6.07) is 5.40. The number of piperidine rings is 1. The first-order chi connectivity index (χ1) is 14.6. The lowest BCUT2D eigenvalue weighted by atomic mass is 10.1. The summed E-state index contributed by atoms with van der Waals surface area (Å²) in [5, 5.41) is 13.5. The molecule has 1 aliphatic heterocycles. The third kappa shape index (κ3) is 4.05. The van der Waals surface area contributed by atoms with Crippen LogP contribution >= 0.6 is 0 Å². The third-order valence-electron chi connectivity index (χ3n) is 5.30. The van der Waals surface area contributed by atoms with Crippen molar-refractivity contribution in [3.05, 3.63) is 42.0 Å². The topological polar surface area (TPSA) is 114 Å². The minimum atomic E-state index is -3.53. The molecule has 0 atom stereocenters. The number of hydrogen-bond acceptors (Lipinski definition) is 6. The summed E-state index contributed by atoms with van der Waals surface area (Å²) in [5.41, 5.74) is 1.53. The van der Waals surface area contributed by atoms with Crippen LogP contribution < -0.4 is 4.74 Å². The first-order valence-corrected chi connectivity index (χ1v) is 11.5. The van der Waals surface area contributed by atoms with Crippen molar-refractivity contribution >= 4 is 21.6 Å². The van der Waals surface area contributed by atoms with Crippen molar-refractivity contribution < 1.29 is 27.4 Å². The lowest BCUT2D eigenvalue weighted by Crippen LogP contribution is -2.41. The Morgan fingerprint density at radius 1 is 1.26 bits per heavy atom. The molecule has 0 bridgehead atoms. The van der Waals surface area contributed by atoms with Gasteiger partial charge < -0.3 is 14.7 Å². The van der Waals surface area contributed by atoms with E-state index in [0.29, 0.717) is 48.7 Å². The highest BCUT2D eigenvalue weighted by Gasteiger charge is 2.25. The summed E-state index contributed by atoms with van der Waals surface area (Å²) in [4.78, 5) is 16.6. The number of rotatable bonds is 4. The van der Waals surface area contributed by atoms with Crippen LogP contribution in [0, 0.1) is 12.7 Å². The van der Waals surface area contributed by atoms with Crippen LogP contribution in [0.15, 0.2) is 35.4 Å². The van der Waals surface area contributed by atoms with Crippen molar-refractivity contribution in [2.24, 2.45) is 0 Å². The van der Waals surface area contributed by atoms with Crippen molar-refractivity contribution in [2.45, 2.75) is 30.8 Å². The Bertz CT molecular complexity index is 1270. The van der Waals surface area contributed by atoms with Crippen LogP contribution in [-0.2, 0) is 9.84 Å². The molecule has 1 fully saturated rings. The largest absolute Gasteiger partial charge is 0.474 e. The van der Waals surface area contributed by atoms with Gasteiger partial charge in [0.05, 0.1) is 16.2 Å². The predicted octanol–water partition coefficient (Wildman–Crippen LogP) is 2.77. The third-order valence-corrected chi connectivity index (χ3v) is 6.41. The first kappa shape index (κ1) is 21.0. The molecule has 1 N–H and O–H groups in total. The number of sulfone groups is 1. The minimum Gasteiger partial charge on any atom is -0.474 e. The van der Waals surface area contributed by atoms with Crippen LogP contribution in [0.2, 0.25) is 0 Å². The second kappa shape index (κ2) is 7.80. The van der Waals surface area contributed by atoms with E-state index in [0.717, 1.165) is 12.3 Å². The molecule has 11 heteroatoms. The Labute approximate surface area is 178 Å². The number of fused-ring (bicyclic) bond motifs is 1. The highest BCUT2D eigenvalue weighted by molar-refractivity contribution is 7.90. The molecule has 1 saturated heterocycles. The Kier molecular flexibility index (Phi) is 5.29. The summed E-state index contributed by atoms with van der Waals surface area (Å²) in [7, 11) is -3.53. The molecule has 1 aliphatic rings. The molecular formula is C20H21FN4O5S. The van der Waals surface area contributed by atoms with Crippen LogP contribution in [0.1, 0.15) is 18.5 Å². The fourth-order valence-corrected chi connectivity index (χ4v) is 4.33. The van der Waals surface area contributed by atoms with Gasteiger partial charge in [0.1, 0.15) is 11.9 Å². The van der Waals surface area contributed by atoms with Crippen molar-refractivity contribution in [3.8, 4) is 17.0 Å². The number of carboxylic acid groups (broad SMARTS) is 1. The number of halogens is 1. The van der Waals surface area contributed by atoms with E-state index in [4.69, 9.17) is 9.84 Å². The van der Waals surface area contributed by atoms with Gasteiger partial charge in [0.25, 0.3) is 0 Å². The van der Waals surface area contributed by atoms with Gasteiger partial charge in [0.15, 0.2) is 15.5 Å². The highest BCUT2D eigenvalue weighted by Crippen LogP contribution is 2.32. The predicted molar refractivity (Wildman–Crippen MR) is 109 cm³/mol. The zero-order valence-corrected chi connectivity index (χ0v) is 17.8. The average Bonchev–Trinajstić information content (AvgIpc) is 3.04. The molecule has 4 rings (SSSR count). The van der Waals surface area contributed by atoms with Crippen LogP contribution in [-0.4, -0.2) is 64.6 Å². The monoisotopic (exact) mass is 448 g/mol. The summed E-state index contributed by atoms with van der Waals surface area (Å²) in [5.74, 6) is -0.267. The minimum absolute atomic E-state index is 0.104. The standard InChI is InChI=1S/C20H21FN4O5S/c1-12-18(15-4-3-14(11-16(15)21)31(2,28)29)19-22-8-5-17(25(19)23-12)30-13-6-9-24(10-7-13)20(26)27/h3-5,8,11,13H,6-7,9-10H2,1-2H3,(H,26,27). The summed E-state index contributed by atoms with van der Waals surface area (Å²) in [6.45, 7) is 2.48. The van der Waals surface area contributed by atoms with Gasteiger partial charge in [-0.25, -0.2) is 22.6 Å². The van der Waals surface area contributed by atoms with Crippen LogP contribution in [0.3, 0.4) is 0 Å². The Balaban J connectivity index is 1.68. The zero-order valence-electron chi connectivity index (χ0n) is 16.9. The normalized spacial score (nSPS) is 15.4.